The number of H-pyrrole nitrogens is 1. The zero-order valence-electron chi connectivity index (χ0n) is 43.3. The molecule has 17 nitrogen and oxygen atoms in total. The Labute approximate surface area is 418 Å². The van der Waals surface area contributed by atoms with Crippen LogP contribution < -0.4 is 21.3 Å². The van der Waals surface area contributed by atoms with Crippen molar-refractivity contribution >= 4 is 63.3 Å². The van der Waals surface area contributed by atoms with Gasteiger partial charge in [0.05, 0.1) is 5.54 Å². The van der Waals surface area contributed by atoms with Gasteiger partial charge >= 0.3 is 0 Å². The minimum Gasteiger partial charge on any atom is -0.346 e. The third-order valence-corrected chi connectivity index (χ3v) is 14.1. The molecule has 2 bridgehead atoms. The second kappa shape index (κ2) is 23.1. The van der Waals surface area contributed by atoms with E-state index in [0.29, 0.717) is 43.3 Å². The predicted molar refractivity (Wildman–Crippen MR) is 275 cm³/mol. The number of fused-ring (bicyclic) bond motifs is 4. The summed E-state index contributed by atoms with van der Waals surface area (Å²) in [4.78, 5) is 115. The number of unbranched alkanes of at least 4 members (excludes halogenated alkanes) is 1. The van der Waals surface area contributed by atoms with E-state index in [4.69, 9.17) is 0 Å². The van der Waals surface area contributed by atoms with Crippen LogP contribution in [0.4, 0.5) is 0 Å². The molecule has 4 aromatic rings. The highest BCUT2D eigenvalue weighted by molar-refractivity contribution is 5.99. The topological polar surface area (TPSA) is 211 Å². The third-order valence-electron chi connectivity index (χ3n) is 14.1. The van der Waals surface area contributed by atoms with Gasteiger partial charge in [-0.3, -0.25) is 33.6 Å². The van der Waals surface area contributed by atoms with Crippen LogP contribution in [0, 0.1) is 11.8 Å². The van der Waals surface area contributed by atoms with E-state index in [1.54, 1.807) is 12.4 Å². The first-order valence-electron chi connectivity index (χ1n) is 25.4. The summed E-state index contributed by atoms with van der Waals surface area (Å²) in [5.41, 5.74) is 2.42. The highest BCUT2D eigenvalue weighted by atomic mass is 16.2. The zero-order chi connectivity index (χ0) is 51.9. The number of piperidine rings is 1. The summed E-state index contributed by atoms with van der Waals surface area (Å²) in [7, 11) is 3.05. The molecule has 0 saturated carbocycles. The number of carbonyl (C=O) groups excluding carboxylic acids is 7. The highest BCUT2D eigenvalue weighted by Crippen LogP contribution is 2.30. The second-order valence-electron chi connectivity index (χ2n) is 21.0. The molecule has 0 unspecified atom stereocenters. The van der Waals surface area contributed by atoms with Crippen molar-refractivity contribution in [3.05, 3.63) is 78.8 Å². The maximum Gasteiger partial charge on any atom is 0.246 e. The maximum absolute atomic E-state index is 15.3. The fourth-order valence-corrected chi connectivity index (χ4v) is 9.93. The van der Waals surface area contributed by atoms with Crippen molar-refractivity contribution in [3.8, 4) is 0 Å². The number of para-hydroxylation sites is 1. The van der Waals surface area contributed by atoms with Crippen LogP contribution in [-0.2, 0) is 51.9 Å². The molecular formula is C54H76N10O7. The predicted octanol–water partition coefficient (Wildman–Crippen LogP) is 5.12. The molecule has 0 aliphatic carbocycles. The normalized spacial score (nSPS) is 24.0. The van der Waals surface area contributed by atoms with E-state index in [9.17, 15) is 28.8 Å². The van der Waals surface area contributed by atoms with E-state index in [2.05, 4.69) is 42.4 Å². The van der Waals surface area contributed by atoms with Crippen LogP contribution in [0.25, 0.3) is 21.9 Å². The summed E-state index contributed by atoms with van der Waals surface area (Å²) in [6, 6.07) is 3.83. The average Bonchev–Trinajstić information content (AvgIpc) is 3.97. The molecule has 2 fully saturated rings. The number of rotatable bonds is 13. The molecule has 2 saturated heterocycles. The number of hydrogen-bond donors (Lipinski definition) is 5. The largest absolute Gasteiger partial charge is 0.346 e. The van der Waals surface area contributed by atoms with Crippen LogP contribution in [0.15, 0.2) is 67.6 Å². The van der Waals surface area contributed by atoms with Gasteiger partial charge in [-0.2, -0.15) is 0 Å². The highest BCUT2D eigenvalue weighted by Gasteiger charge is 2.43. The standard InChI is InChI=1S/C54H76N10O7/c1-12-14-19-39-47(65)60-41(29-37-31-64(54(8,9)13-2)42-20-16-15-18-38(37)42)52(70)62(11)44(25-32(3)4)49(67)59-40(28-35-27-36-22-23-55-46(36)56-30-35)48(66)57-34(7)51(69)61(10)43-21-17-24-63(53(43)71)45(26-33(5)6)50(68)58-39/h13,15-16,18,20,22-23,27,30-34,39-41,43-45H,2,12,14,17,19,21,24-26,28-29H2,1,3-11H3,(H,55,56)(H,57,66)(H,58,68)(H,59,67)(H,60,65)/t34-,39-,40-,41-,43-,44-,45-/m0/s1. The number of nitrogens with one attached hydrogen (secondary N) is 5. The van der Waals surface area contributed by atoms with Crippen LogP contribution >= 0.6 is 0 Å². The lowest BCUT2D eigenvalue weighted by molar-refractivity contribution is -0.153. The van der Waals surface area contributed by atoms with Crippen LogP contribution in [-0.4, -0.2) is 134 Å². The van der Waals surface area contributed by atoms with Gasteiger partial charge in [-0.25, -0.2) is 4.98 Å². The Morgan fingerprint density at radius 3 is 2.13 bits per heavy atom. The molecule has 2 aliphatic rings. The van der Waals surface area contributed by atoms with E-state index in [1.807, 2.05) is 97.1 Å². The number of aromatic nitrogens is 3. The number of likely N-dealkylation sites (N-methyl/N-ethyl adjacent to an activating group) is 2. The van der Waals surface area contributed by atoms with Gasteiger partial charge in [0.15, 0.2) is 0 Å². The molecule has 0 radical (unpaired) electrons. The molecule has 17 heteroatoms. The summed E-state index contributed by atoms with van der Waals surface area (Å²) in [6.07, 6.45) is 10.1. The van der Waals surface area contributed by atoms with Gasteiger partial charge in [0.1, 0.15) is 47.9 Å². The zero-order valence-corrected chi connectivity index (χ0v) is 43.3. The number of hydrogen-bond acceptors (Lipinski definition) is 8. The number of nitrogens with zero attached hydrogens (tertiary/aromatic N) is 5. The van der Waals surface area contributed by atoms with Crippen LogP contribution in [0.1, 0.15) is 111 Å². The summed E-state index contributed by atoms with van der Waals surface area (Å²) in [5, 5.41) is 13.5. The number of carbonyl (C=O) groups is 7. The number of benzene rings is 1. The van der Waals surface area contributed by atoms with Crippen molar-refractivity contribution < 1.29 is 33.6 Å². The van der Waals surface area contributed by atoms with Crippen molar-refractivity contribution in [3.63, 3.8) is 0 Å². The first-order valence-corrected chi connectivity index (χ1v) is 25.4. The fourth-order valence-electron chi connectivity index (χ4n) is 9.93. The SMILES string of the molecule is C=CC(C)(C)n1cc(C[C@@H]2NC(=O)[C@H](CCCC)NC(=O)[C@H](CC(C)C)N3CCC[C@@H](C3=O)N(C)C(=O)[C@H](C)NC(=O)[C@H](Cc3cnc4[nH]ccc4c3)NC(=O)[C@H](CC(C)C)N(C)C2=O)c2ccccc21. The summed E-state index contributed by atoms with van der Waals surface area (Å²) < 4.78 is 2.08. The van der Waals surface area contributed by atoms with Gasteiger partial charge < -0.3 is 45.5 Å². The molecule has 384 valence electrons. The Morgan fingerprint density at radius 2 is 1.44 bits per heavy atom. The molecule has 1 aromatic carbocycles. The van der Waals surface area contributed by atoms with E-state index in [-0.39, 0.29) is 44.1 Å². The molecule has 7 atom stereocenters. The lowest BCUT2D eigenvalue weighted by atomic mass is 9.95. The molecule has 6 rings (SSSR count). The Morgan fingerprint density at radius 1 is 0.789 bits per heavy atom. The first kappa shape index (κ1) is 53.8. The monoisotopic (exact) mass is 977 g/mol. The fraction of sp³-hybridized carbons (Fsp3) is 0.556. The van der Waals surface area contributed by atoms with E-state index < -0.39 is 89.2 Å². The van der Waals surface area contributed by atoms with Crippen LogP contribution in [0.2, 0.25) is 0 Å². The summed E-state index contributed by atoms with van der Waals surface area (Å²) in [6.45, 7) is 19.7. The van der Waals surface area contributed by atoms with Gasteiger partial charge in [0.25, 0.3) is 0 Å². The number of pyridine rings is 1. The molecular weight excluding hydrogens is 901 g/mol. The van der Waals surface area contributed by atoms with Gasteiger partial charge in [-0.05, 0) is 94.0 Å². The minimum absolute atomic E-state index is 0.00814. The molecule has 71 heavy (non-hydrogen) atoms. The minimum atomic E-state index is -1.23. The van der Waals surface area contributed by atoms with Gasteiger partial charge in [-0.1, -0.05) is 71.7 Å². The van der Waals surface area contributed by atoms with Crippen molar-refractivity contribution in [2.24, 2.45) is 11.8 Å². The van der Waals surface area contributed by atoms with Crippen LogP contribution in [0.5, 0.6) is 0 Å². The number of allylic oxidation sites excluding steroid dienone is 1. The molecule has 2 aliphatic heterocycles. The van der Waals surface area contributed by atoms with Crippen molar-refractivity contribution in [1.82, 2.24) is 50.5 Å². The number of amides is 7. The van der Waals surface area contributed by atoms with Crippen molar-refractivity contribution in [1.29, 1.82) is 0 Å². The third kappa shape index (κ3) is 12.5. The summed E-state index contributed by atoms with van der Waals surface area (Å²) in [5.74, 6) is -3.99. The molecule has 5 N–H and O–H groups in total. The molecule has 3 aromatic heterocycles. The molecule has 0 spiro atoms. The van der Waals surface area contributed by atoms with E-state index in [0.717, 1.165) is 21.9 Å². The smallest absolute Gasteiger partial charge is 0.246 e. The van der Waals surface area contributed by atoms with Crippen molar-refractivity contribution in [2.75, 3.05) is 20.6 Å². The van der Waals surface area contributed by atoms with E-state index >= 15 is 4.79 Å². The molecule has 5 heterocycles. The first-order chi connectivity index (χ1) is 33.6. The second-order valence-corrected chi connectivity index (χ2v) is 21.0. The Kier molecular flexibility index (Phi) is 17.5. The quantitative estimate of drug-likeness (QED) is 0.113. The Hall–Kier alpha value is -6.52. The molecule has 7 amide bonds. The number of aromatic amines is 1. The average molecular weight is 977 g/mol. The lowest BCUT2D eigenvalue weighted by Crippen LogP contribution is -2.62. The summed E-state index contributed by atoms with van der Waals surface area (Å²) >= 11 is 0. The van der Waals surface area contributed by atoms with Gasteiger partial charge in [-0.15, -0.1) is 6.58 Å². The van der Waals surface area contributed by atoms with Gasteiger partial charge in [0.2, 0.25) is 41.4 Å². The van der Waals surface area contributed by atoms with Gasteiger partial charge in [0, 0.05) is 68.4 Å². The Balaban J connectivity index is 1.48. The Bertz CT molecular complexity index is 2600. The maximum atomic E-state index is 15.3. The van der Waals surface area contributed by atoms with Crippen molar-refractivity contribution in [2.45, 2.75) is 161 Å². The lowest BCUT2D eigenvalue weighted by Gasteiger charge is -2.41. The van der Waals surface area contributed by atoms with Crippen LogP contribution in [0.3, 0.4) is 0 Å². The van der Waals surface area contributed by atoms with E-state index in [1.165, 1.54) is 35.7 Å².